The molecule has 0 aliphatic carbocycles. The second-order valence-corrected chi connectivity index (χ2v) is 3.76. The number of unbranched alkanes of at least 4 members (excludes halogenated alkanes) is 2. The Labute approximate surface area is 93.1 Å². The Bertz CT molecular complexity index is 210. The third kappa shape index (κ3) is 6.15. The van der Waals surface area contributed by atoms with Crippen molar-refractivity contribution in [3.05, 3.63) is 11.8 Å². The highest BCUT2D eigenvalue weighted by Gasteiger charge is 2.11. The van der Waals surface area contributed by atoms with Crippen molar-refractivity contribution in [3.63, 3.8) is 0 Å². The van der Waals surface area contributed by atoms with Gasteiger partial charge in [0.15, 0.2) is 0 Å². The molecule has 0 aliphatic rings. The number of carbonyl (C=O) groups is 1. The van der Waals surface area contributed by atoms with Crippen LogP contribution in [0.5, 0.6) is 0 Å². The van der Waals surface area contributed by atoms with E-state index in [0.717, 1.165) is 25.7 Å². The molecule has 0 bridgehead atoms. The molecule has 0 aromatic rings. The van der Waals surface area contributed by atoms with Crippen LogP contribution < -0.4 is 0 Å². The van der Waals surface area contributed by atoms with Gasteiger partial charge < -0.3 is 9.64 Å². The number of likely N-dealkylation sites (N-methyl/N-ethyl adjacent to an activating group) is 1. The van der Waals surface area contributed by atoms with Gasteiger partial charge in [-0.2, -0.15) is 0 Å². The third-order valence-electron chi connectivity index (χ3n) is 2.02. The van der Waals surface area contributed by atoms with Gasteiger partial charge >= 0.3 is 5.97 Å². The molecule has 0 heterocycles. The Morgan fingerprint density at radius 3 is 2.40 bits per heavy atom. The van der Waals surface area contributed by atoms with Crippen molar-refractivity contribution in [3.8, 4) is 0 Å². The highest BCUT2D eigenvalue weighted by Crippen LogP contribution is 2.06. The van der Waals surface area contributed by atoms with Crippen LogP contribution in [0.3, 0.4) is 0 Å². The summed E-state index contributed by atoms with van der Waals surface area (Å²) in [4.78, 5) is 13.4. The van der Waals surface area contributed by atoms with Gasteiger partial charge in [0.05, 0.1) is 6.61 Å². The molecule has 0 saturated heterocycles. The van der Waals surface area contributed by atoms with Crippen LogP contribution in [-0.2, 0) is 9.53 Å². The standard InChI is InChI=1S/C12H23NO2/c1-5-7-8-9-11(13(3)4)12(14)15-10-6-2/h9H,5-8,10H2,1-4H3. The molecular formula is C12H23NO2. The molecule has 3 nitrogen and oxygen atoms in total. The van der Waals surface area contributed by atoms with Crippen LogP contribution in [0.4, 0.5) is 0 Å². The molecule has 0 amide bonds. The SMILES string of the molecule is CCCCC=C(C(=O)OCCC)N(C)C. The molecule has 0 atom stereocenters. The van der Waals surface area contributed by atoms with E-state index in [1.54, 1.807) is 0 Å². The Morgan fingerprint density at radius 2 is 1.93 bits per heavy atom. The van der Waals surface area contributed by atoms with Crippen molar-refractivity contribution in [2.24, 2.45) is 0 Å². The molecule has 0 rings (SSSR count). The maximum absolute atomic E-state index is 11.6. The molecule has 0 aliphatic heterocycles. The first-order valence-electron chi connectivity index (χ1n) is 5.68. The van der Waals surface area contributed by atoms with Gasteiger partial charge in [-0.25, -0.2) is 4.79 Å². The molecule has 0 N–H and O–H groups in total. The van der Waals surface area contributed by atoms with Crippen molar-refractivity contribution < 1.29 is 9.53 Å². The van der Waals surface area contributed by atoms with Crippen molar-refractivity contribution in [2.45, 2.75) is 39.5 Å². The molecule has 0 radical (unpaired) electrons. The number of nitrogens with zero attached hydrogens (tertiary/aromatic N) is 1. The smallest absolute Gasteiger partial charge is 0.354 e. The summed E-state index contributed by atoms with van der Waals surface area (Å²) in [7, 11) is 3.73. The summed E-state index contributed by atoms with van der Waals surface area (Å²) in [6, 6.07) is 0. The van der Waals surface area contributed by atoms with Crippen molar-refractivity contribution >= 4 is 5.97 Å². The maximum Gasteiger partial charge on any atom is 0.354 e. The Balaban J connectivity index is 4.24. The first-order valence-corrected chi connectivity index (χ1v) is 5.68. The molecular weight excluding hydrogens is 190 g/mol. The van der Waals surface area contributed by atoms with Crippen LogP contribution in [0.1, 0.15) is 39.5 Å². The molecule has 0 aromatic heterocycles. The summed E-state index contributed by atoms with van der Waals surface area (Å²) in [5.74, 6) is -0.210. The van der Waals surface area contributed by atoms with Crippen LogP contribution in [-0.4, -0.2) is 31.6 Å². The van der Waals surface area contributed by atoms with E-state index in [9.17, 15) is 4.79 Å². The summed E-state index contributed by atoms with van der Waals surface area (Å²) < 4.78 is 5.10. The van der Waals surface area contributed by atoms with E-state index in [4.69, 9.17) is 4.74 Å². The summed E-state index contributed by atoms with van der Waals surface area (Å²) >= 11 is 0. The minimum Gasteiger partial charge on any atom is -0.461 e. The number of carbonyl (C=O) groups excluding carboxylic acids is 1. The quantitative estimate of drug-likeness (QED) is 0.370. The Hall–Kier alpha value is -0.990. The fourth-order valence-electron chi connectivity index (χ4n) is 1.16. The molecule has 0 fully saturated rings. The highest BCUT2D eigenvalue weighted by atomic mass is 16.5. The van der Waals surface area contributed by atoms with Gasteiger partial charge in [0.2, 0.25) is 0 Å². The van der Waals surface area contributed by atoms with Crippen molar-refractivity contribution in [2.75, 3.05) is 20.7 Å². The van der Waals surface area contributed by atoms with E-state index in [1.165, 1.54) is 0 Å². The van der Waals surface area contributed by atoms with Crippen LogP contribution in [0, 0.1) is 0 Å². The van der Waals surface area contributed by atoms with Gasteiger partial charge in [-0.1, -0.05) is 26.3 Å². The lowest BCUT2D eigenvalue weighted by Gasteiger charge is -2.15. The number of ether oxygens (including phenoxy) is 1. The molecule has 0 spiro atoms. The average Bonchev–Trinajstić information content (AvgIpc) is 2.20. The summed E-state index contributed by atoms with van der Waals surface area (Å²) in [6.45, 7) is 4.62. The summed E-state index contributed by atoms with van der Waals surface area (Å²) in [6.07, 6.45) is 6.01. The molecule has 88 valence electrons. The molecule has 0 aromatic carbocycles. The number of allylic oxidation sites excluding steroid dienone is 1. The largest absolute Gasteiger partial charge is 0.461 e. The van der Waals surface area contributed by atoms with E-state index in [0.29, 0.717) is 12.3 Å². The second-order valence-electron chi connectivity index (χ2n) is 3.76. The van der Waals surface area contributed by atoms with Crippen molar-refractivity contribution in [1.82, 2.24) is 4.90 Å². The fraction of sp³-hybridized carbons (Fsp3) is 0.750. The number of hydrogen-bond donors (Lipinski definition) is 0. The van der Waals surface area contributed by atoms with Gasteiger partial charge in [0.25, 0.3) is 0 Å². The van der Waals surface area contributed by atoms with Gasteiger partial charge in [-0.3, -0.25) is 0 Å². The van der Waals surface area contributed by atoms with E-state index in [2.05, 4.69) is 6.92 Å². The number of rotatable bonds is 7. The van der Waals surface area contributed by atoms with E-state index >= 15 is 0 Å². The summed E-state index contributed by atoms with van der Waals surface area (Å²) in [5.41, 5.74) is 0.664. The lowest BCUT2D eigenvalue weighted by atomic mass is 10.2. The van der Waals surface area contributed by atoms with Crippen LogP contribution in [0.15, 0.2) is 11.8 Å². The normalized spacial score (nSPS) is 11.3. The maximum atomic E-state index is 11.6. The summed E-state index contributed by atoms with van der Waals surface area (Å²) in [5, 5.41) is 0. The molecule has 15 heavy (non-hydrogen) atoms. The Morgan fingerprint density at radius 1 is 1.27 bits per heavy atom. The van der Waals surface area contributed by atoms with Gasteiger partial charge in [-0.15, -0.1) is 0 Å². The zero-order chi connectivity index (χ0) is 11.7. The van der Waals surface area contributed by atoms with Crippen LogP contribution in [0.25, 0.3) is 0 Å². The second kappa shape index (κ2) is 8.33. The predicted molar refractivity (Wildman–Crippen MR) is 62.5 cm³/mol. The molecule has 0 unspecified atom stereocenters. The average molecular weight is 213 g/mol. The van der Waals surface area contributed by atoms with E-state index < -0.39 is 0 Å². The lowest BCUT2D eigenvalue weighted by molar-refractivity contribution is -0.140. The van der Waals surface area contributed by atoms with E-state index in [1.807, 2.05) is 32.0 Å². The third-order valence-corrected chi connectivity index (χ3v) is 2.02. The lowest BCUT2D eigenvalue weighted by Crippen LogP contribution is -2.21. The first kappa shape index (κ1) is 14.0. The minimum atomic E-state index is -0.210. The Kier molecular flexibility index (Phi) is 7.78. The zero-order valence-electron chi connectivity index (χ0n) is 10.4. The predicted octanol–water partition coefficient (Wildman–Crippen LogP) is 2.58. The fourth-order valence-corrected chi connectivity index (χ4v) is 1.16. The van der Waals surface area contributed by atoms with E-state index in [-0.39, 0.29) is 5.97 Å². The number of esters is 1. The van der Waals surface area contributed by atoms with Gasteiger partial charge in [-0.05, 0) is 19.3 Å². The van der Waals surface area contributed by atoms with Crippen LogP contribution >= 0.6 is 0 Å². The highest BCUT2D eigenvalue weighted by molar-refractivity contribution is 5.87. The van der Waals surface area contributed by atoms with Crippen LogP contribution in [0.2, 0.25) is 0 Å². The monoisotopic (exact) mass is 213 g/mol. The molecule has 0 saturated carbocycles. The van der Waals surface area contributed by atoms with Gasteiger partial charge in [0, 0.05) is 14.1 Å². The van der Waals surface area contributed by atoms with Crippen molar-refractivity contribution in [1.29, 1.82) is 0 Å². The zero-order valence-corrected chi connectivity index (χ0v) is 10.4. The minimum absolute atomic E-state index is 0.210. The first-order chi connectivity index (χ1) is 7.13. The van der Waals surface area contributed by atoms with Gasteiger partial charge in [0.1, 0.15) is 5.70 Å². The molecule has 3 heteroatoms. The topological polar surface area (TPSA) is 29.5 Å². The number of hydrogen-bond acceptors (Lipinski definition) is 3.